The average Bonchev–Trinajstić information content (AvgIpc) is 3.24. The van der Waals surface area contributed by atoms with Crippen LogP contribution in [-0.2, 0) is 12.8 Å². The number of carbonyl (C=O) groups is 1. The Bertz CT molecular complexity index is 958. The van der Waals surface area contributed by atoms with Gasteiger partial charge in [0, 0.05) is 44.3 Å². The Kier molecular flexibility index (Phi) is 6.34. The number of hydrogen-bond acceptors (Lipinski definition) is 5. The van der Waals surface area contributed by atoms with Gasteiger partial charge in [-0.15, -0.1) is 11.3 Å². The van der Waals surface area contributed by atoms with E-state index < -0.39 is 5.97 Å². The van der Waals surface area contributed by atoms with Crippen molar-refractivity contribution in [3.05, 3.63) is 76.8 Å². The quantitative estimate of drug-likeness (QED) is 0.627. The van der Waals surface area contributed by atoms with Gasteiger partial charge < -0.3 is 15.3 Å². The smallest absolute Gasteiger partial charge is 0.345 e. The molecule has 1 aliphatic heterocycles. The van der Waals surface area contributed by atoms with Crippen molar-refractivity contribution in [2.24, 2.45) is 0 Å². The Morgan fingerprint density at radius 2 is 2.00 bits per heavy atom. The molecule has 4 rings (SSSR count). The number of carboxylic acids is 1. The fourth-order valence-corrected chi connectivity index (χ4v) is 4.55. The van der Waals surface area contributed by atoms with E-state index >= 15 is 0 Å². The molecule has 1 unspecified atom stereocenters. The maximum absolute atomic E-state index is 11.1. The van der Waals surface area contributed by atoms with Crippen LogP contribution in [0.15, 0.2) is 60.7 Å². The first kappa shape index (κ1) is 19.8. The molecule has 6 heteroatoms. The van der Waals surface area contributed by atoms with Crippen LogP contribution < -0.4 is 5.32 Å². The molecule has 2 N–H and O–H groups in total. The van der Waals surface area contributed by atoms with Gasteiger partial charge in [-0.05, 0) is 36.2 Å². The van der Waals surface area contributed by atoms with Crippen LogP contribution in [-0.4, -0.2) is 53.2 Å². The summed E-state index contributed by atoms with van der Waals surface area (Å²) in [4.78, 5) is 19.7. The van der Waals surface area contributed by atoms with Crippen molar-refractivity contribution in [2.75, 3.05) is 26.2 Å². The molecule has 0 bridgehead atoms. The monoisotopic (exact) mass is 407 g/mol. The van der Waals surface area contributed by atoms with Crippen molar-refractivity contribution in [3.63, 3.8) is 0 Å². The molecule has 1 saturated heterocycles. The van der Waals surface area contributed by atoms with Gasteiger partial charge in [0.15, 0.2) is 0 Å². The zero-order chi connectivity index (χ0) is 20.1. The third kappa shape index (κ3) is 5.29. The SMILES string of the molecule is O=C(O)c1ccc(-c2cccc(CC3CN(CCc4ccccc4)CCN3)n2)s1. The summed E-state index contributed by atoms with van der Waals surface area (Å²) in [6.45, 7) is 4.15. The summed E-state index contributed by atoms with van der Waals surface area (Å²) in [5.41, 5.74) is 3.26. The molecular weight excluding hydrogens is 382 g/mol. The number of benzene rings is 1. The van der Waals surface area contributed by atoms with Gasteiger partial charge in [-0.2, -0.15) is 0 Å². The fourth-order valence-electron chi connectivity index (χ4n) is 3.74. The Morgan fingerprint density at radius 3 is 2.79 bits per heavy atom. The summed E-state index contributed by atoms with van der Waals surface area (Å²) in [6.07, 6.45) is 1.94. The van der Waals surface area contributed by atoms with Crippen molar-refractivity contribution >= 4 is 17.3 Å². The first-order valence-electron chi connectivity index (χ1n) is 9.96. The van der Waals surface area contributed by atoms with Gasteiger partial charge in [-0.1, -0.05) is 36.4 Å². The maximum Gasteiger partial charge on any atom is 0.345 e. The minimum absolute atomic E-state index is 0.343. The highest BCUT2D eigenvalue weighted by molar-refractivity contribution is 7.17. The first-order chi connectivity index (χ1) is 14.2. The lowest BCUT2D eigenvalue weighted by molar-refractivity contribution is 0.0702. The summed E-state index contributed by atoms with van der Waals surface area (Å²) in [5, 5.41) is 12.8. The minimum atomic E-state index is -0.889. The lowest BCUT2D eigenvalue weighted by Gasteiger charge is -2.33. The predicted molar refractivity (Wildman–Crippen MR) is 117 cm³/mol. The van der Waals surface area contributed by atoms with Crippen molar-refractivity contribution in [2.45, 2.75) is 18.9 Å². The third-order valence-electron chi connectivity index (χ3n) is 5.23. The molecule has 0 aliphatic carbocycles. The molecule has 2 aromatic heterocycles. The second-order valence-electron chi connectivity index (χ2n) is 7.37. The lowest BCUT2D eigenvalue weighted by atomic mass is 10.1. The molecule has 5 nitrogen and oxygen atoms in total. The Hall–Kier alpha value is -2.54. The number of aromatic nitrogens is 1. The predicted octanol–water partition coefficient (Wildman–Crippen LogP) is 3.57. The molecule has 3 heterocycles. The molecule has 1 aliphatic rings. The fraction of sp³-hybridized carbons (Fsp3) is 0.304. The van der Waals surface area contributed by atoms with Crippen molar-refractivity contribution in [1.29, 1.82) is 0 Å². The van der Waals surface area contributed by atoms with E-state index in [9.17, 15) is 4.79 Å². The van der Waals surface area contributed by atoms with E-state index in [1.54, 1.807) is 6.07 Å². The maximum atomic E-state index is 11.1. The van der Waals surface area contributed by atoms with E-state index in [0.717, 1.165) is 55.3 Å². The highest BCUT2D eigenvalue weighted by atomic mass is 32.1. The number of nitrogens with one attached hydrogen (secondary N) is 1. The minimum Gasteiger partial charge on any atom is -0.477 e. The molecule has 0 spiro atoms. The van der Waals surface area contributed by atoms with Gasteiger partial charge >= 0.3 is 5.97 Å². The third-order valence-corrected chi connectivity index (χ3v) is 6.33. The normalized spacial score (nSPS) is 17.3. The lowest BCUT2D eigenvalue weighted by Crippen LogP contribution is -2.52. The number of thiophene rings is 1. The summed E-state index contributed by atoms with van der Waals surface area (Å²) in [7, 11) is 0. The van der Waals surface area contributed by atoms with Crippen LogP contribution in [0.1, 0.15) is 20.9 Å². The van der Waals surface area contributed by atoms with E-state index in [0.29, 0.717) is 10.9 Å². The molecule has 1 fully saturated rings. The Labute approximate surface area is 175 Å². The topological polar surface area (TPSA) is 65.5 Å². The standard InChI is InChI=1S/C23H25N3O2S/c27-23(28)22-10-9-21(29-22)20-8-4-7-18(25-20)15-19-16-26(14-12-24-19)13-11-17-5-2-1-3-6-17/h1-10,19,24H,11-16H2,(H,27,28). The number of rotatable bonds is 7. The largest absolute Gasteiger partial charge is 0.477 e. The van der Waals surface area contributed by atoms with E-state index in [1.807, 2.05) is 18.2 Å². The summed E-state index contributed by atoms with van der Waals surface area (Å²) < 4.78 is 0. The number of hydrogen-bond donors (Lipinski definition) is 2. The van der Waals surface area contributed by atoms with Gasteiger partial charge in [-0.25, -0.2) is 4.79 Å². The van der Waals surface area contributed by atoms with Crippen molar-refractivity contribution in [1.82, 2.24) is 15.2 Å². The van der Waals surface area contributed by atoms with E-state index in [4.69, 9.17) is 10.1 Å². The van der Waals surface area contributed by atoms with Gasteiger partial charge in [-0.3, -0.25) is 4.98 Å². The van der Waals surface area contributed by atoms with Crippen LogP contribution in [0, 0.1) is 0 Å². The van der Waals surface area contributed by atoms with Gasteiger partial charge in [0.25, 0.3) is 0 Å². The molecule has 1 atom stereocenters. The molecule has 0 radical (unpaired) electrons. The first-order valence-corrected chi connectivity index (χ1v) is 10.8. The van der Waals surface area contributed by atoms with Gasteiger partial charge in [0.05, 0.1) is 10.6 Å². The Morgan fingerprint density at radius 1 is 1.14 bits per heavy atom. The van der Waals surface area contributed by atoms with E-state index in [1.165, 1.54) is 16.9 Å². The number of piperazine rings is 1. The Balaban J connectivity index is 1.36. The van der Waals surface area contributed by atoms with Crippen LogP contribution >= 0.6 is 11.3 Å². The zero-order valence-corrected chi connectivity index (χ0v) is 17.1. The van der Waals surface area contributed by atoms with Crippen LogP contribution in [0.2, 0.25) is 0 Å². The van der Waals surface area contributed by atoms with Crippen LogP contribution in [0.3, 0.4) is 0 Å². The number of nitrogens with zero attached hydrogens (tertiary/aromatic N) is 2. The zero-order valence-electron chi connectivity index (χ0n) is 16.3. The molecule has 150 valence electrons. The summed E-state index contributed by atoms with van der Waals surface area (Å²) >= 11 is 1.27. The molecule has 29 heavy (non-hydrogen) atoms. The molecular formula is C23H25N3O2S. The van der Waals surface area contributed by atoms with Gasteiger partial charge in [0.1, 0.15) is 4.88 Å². The van der Waals surface area contributed by atoms with E-state index in [2.05, 4.69) is 46.6 Å². The van der Waals surface area contributed by atoms with Gasteiger partial charge in [0.2, 0.25) is 0 Å². The van der Waals surface area contributed by atoms with E-state index in [-0.39, 0.29) is 0 Å². The summed E-state index contributed by atoms with van der Waals surface area (Å²) in [5.74, 6) is -0.889. The second-order valence-corrected chi connectivity index (χ2v) is 8.46. The number of pyridine rings is 1. The number of carboxylic acid groups (broad SMARTS) is 1. The van der Waals surface area contributed by atoms with Crippen molar-refractivity contribution in [3.8, 4) is 10.6 Å². The van der Waals surface area contributed by atoms with Crippen LogP contribution in [0.5, 0.6) is 0 Å². The van der Waals surface area contributed by atoms with Crippen LogP contribution in [0.25, 0.3) is 10.6 Å². The molecule has 0 saturated carbocycles. The highest BCUT2D eigenvalue weighted by Gasteiger charge is 2.20. The van der Waals surface area contributed by atoms with Crippen molar-refractivity contribution < 1.29 is 9.90 Å². The summed E-state index contributed by atoms with van der Waals surface area (Å²) in [6, 6.07) is 20.5. The van der Waals surface area contributed by atoms with Crippen LogP contribution in [0.4, 0.5) is 0 Å². The molecule has 1 aromatic carbocycles. The molecule has 3 aromatic rings. The highest BCUT2D eigenvalue weighted by Crippen LogP contribution is 2.27. The average molecular weight is 408 g/mol. The second kappa shape index (κ2) is 9.31. The number of aromatic carboxylic acids is 1. The molecule has 0 amide bonds.